The molecule has 0 heterocycles. The van der Waals surface area contributed by atoms with Crippen molar-refractivity contribution in [2.45, 2.75) is 28.6 Å². The van der Waals surface area contributed by atoms with Crippen molar-refractivity contribution >= 4 is 32.2 Å². The lowest BCUT2D eigenvalue weighted by Crippen LogP contribution is -2.13. The summed E-state index contributed by atoms with van der Waals surface area (Å²) in [5, 5.41) is 8.64. The van der Waals surface area contributed by atoms with Gasteiger partial charge in [-0.15, -0.1) is 0 Å². The maximum absolute atomic E-state index is 11.8. The summed E-state index contributed by atoms with van der Waals surface area (Å²) in [6.45, 7) is -0.200. The van der Waals surface area contributed by atoms with Crippen molar-refractivity contribution in [3.63, 3.8) is 0 Å². The summed E-state index contributed by atoms with van der Waals surface area (Å²) < 4.78 is 69.8. The van der Waals surface area contributed by atoms with Gasteiger partial charge in [0.05, 0.1) is 22.6 Å². The second kappa shape index (κ2) is 7.80. The van der Waals surface area contributed by atoms with Crippen LogP contribution in [0.3, 0.4) is 0 Å². The molecular weight excluding hydrogens is 440 g/mol. The largest absolute Gasteiger partial charge is 0.481 e. The van der Waals surface area contributed by atoms with E-state index in [1.54, 1.807) is 0 Å². The molecule has 0 aliphatic heterocycles. The Labute approximate surface area is 171 Å². The molecular formula is C18H16O10S2. The Morgan fingerprint density at radius 3 is 1.70 bits per heavy atom. The number of hydrogen-bond donors (Lipinski definition) is 3. The summed E-state index contributed by atoms with van der Waals surface area (Å²) in [7, 11) is -9.07. The van der Waals surface area contributed by atoms with Crippen LogP contribution in [0, 0.1) is 0 Å². The first-order chi connectivity index (χ1) is 13.9. The van der Waals surface area contributed by atoms with E-state index in [4.69, 9.17) is 9.84 Å². The Morgan fingerprint density at radius 2 is 1.30 bits per heavy atom. The van der Waals surface area contributed by atoms with Crippen molar-refractivity contribution in [2.24, 2.45) is 0 Å². The van der Waals surface area contributed by atoms with Crippen LogP contribution >= 0.6 is 0 Å². The molecule has 2 aromatic rings. The molecule has 0 aromatic heterocycles. The van der Waals surface area contributed by atoms with Gasteiger partial charge in [-0.1, -0.05) is 12.1 Å². The summed E-state index contributed by atoms with van der Waals surface area (Å²) in [5.74, 6) is -2.48. The molecule has 1 aliphatic carbocycles. The smallest absolute Gasteiger partial charge is 0.306 e. The van der Waals surface area contributed by atoms with E-state index in [0.717, 1.165) is 24.3 Å². The van der Waals surface area contributed by atoms with Crippen LogP contribution in [0.25, 0.3) is 11.1 Å². The van der Waals surface area contributed by atoms with Crippen molar-refractivity contribution in [1.82, 2.24) is 0 Å². The Morgan fingerprint density at radius 1 is 0.833 bits per heavy atom. The lowest BCUT2D eigenvalue weighted by atomic mass is 9.98. The van der Waals surface area contributed by atoms with E-state index < -0.39 is 54.3 Å². The van der Waals surface area contributed by atoms with Crippen LogP contribution in [-0.2, 0) is 34.6 Å². The van der Waals surface area contributed by atoms with Gasteiger partial charge in [0.2, 0.25) is 0 Å². The molecule has 0 bridgehead atoms. The van der Waals surface area contributed by atoms with Crippen molar-refractivity contribution in [1.29, 1.82) is 0 Å². The van der Waals surface area contributed by atoms with Crippen molar-refractivity contribution in [2.75, 3.05) is 6.61 Å². The lowest BCUT2D eigenvalue weighted by molar-refractivity contribution is -0.147. The zero-order chi connectivity index (χ0) is 22.3. The van der Waals surface area contributed by atoms with E-state index in [1.807, 2.05) is 0 Å². The number of rotatable bonds is 7. The number of fused-ring (bicyclic) bond motifs is 3. The average molecular weight is 456 g/mol. The zero-order valence-electron chi connectivity index (χ0n) is 15.2. The SMILES string of the molecule is O=C(O)CCC(=O)OCC1c2ccc(S(=O)(=O)O)cc2-c2cc(S(=O)(=O)O)ccc21. The van der Waals surface area contributed by atoms with E-state index >= 15 is 0 Å². The van der Waals surface area contributed by atoms with Crippen LogP contribution in [0.4, 0.5) is 0 Å². The second-order valence-electron chi connectivity index (χ2n) is 6.58. The minimum absolute atomic E-state index is 0.200. The number of carboxylic acids is 1. The number of benzene rings is 2. The molecule has 2 aromatic carbocycles. The summed E-state index contributed by atoms with van der Waals surface area (Å²) in [4.78, 5) is 21.5. The summed E-state index contributed by atoms with van der Waals surface area (Å²) >= 11 is 0. The minimum Gasteiger partial charge on any atom is -0.481 e. The molecule has 0 radical (unpaired) electrons. The Bertz CT molecular complexity index is 1160. The molecule has 0 atom stereocenters. The maximum Gasteiger partial charge on any atom is 0.306 e. The van der Waals surface area contributed by atoms with Crippen LogP contribution in [0.2, 0.25) is 0 Å². The molecule has 30 heavy (non-hydrogen) atoms. The predicted molar refractivity (Wildman–Crippen MR) is 101 cm³/mol. The summed E-state index contributed by atoms with van der Waals surface area (Å²) in [6, 6.07) is 7.43. The molecule has 0 amide bonds. The fourth-order valence-corrected chi connectivity index (χ4v) is 4.28. The number of carbonyl (C=O) groups is 2. The molecule has 0 saturated heterocycles. The van der Waals surface area contributed by atoms with Gasteiger partial charge in [0.15, 0.2) is 0 Å². The number of carbonyl (C=O) groups excluding carboxylic acids is 1. The lowest BCUT2D eigenvalue weighted by Gasteiger charge is -2.14. The van der Waals surface area contributed by atoms with Crippen LogP contribution in [-0.4, -0.2) is 49.6 Å². The fraction of sp³-hybridized carbons (Fsp3) is 0.222. The van der Waals surface area contributed by atoms with Crippen LogP contribution < -0.4 is 0 Å². The highest BCUT2D eigenvalue weighted by Crippen LogP contribution is 2.46. The number of aliphatic carboxylic acids is 1. The van der Waals surface area contributed by atoms with Gasteiger partial charge in [0.25, 0.3) is 20.2 Å². The van der Waals surface area contributed by atoms with Crippen molar-refractivity contribution in [3.05, 3.63) is 47.5 Å². The summed E-state index contributed by atoms with van der Waals surface area (Å²) in [5.41, 5.74) is 1.60. The average Bonchev–Trinajstić information content (AvgIpc) is 2.95. The fourth-order valence-electron chi connectivity index (χ4n) is 3.27. The highest BCUT2D eigenvalue weighted by Gasteiger charge is 2.32. The number of ether oxygens (including phenoxy) is 1. The predicted octanol–water partition coefficient (Wildman–Crippen LogP) is 1.70. The number of esters is 1. The Kier molecular flexibility index (Phi) is 5.69. The highest BCUT2D eigenvalue weighted by molar-refractivity contribution is 7.86. The Hall–Kier alpha value is -2.80. The van der Waals surface area contributed by atoms with Crippen molar-refractivity contribution in [3.8, 4) is 11.1 Å². The third kappa shape index (κ3) is 4.51. The van der Waals surface area contributed by atoms with Gasteiger partial charge >= 0.3 is 11.9 Å². The summed E-state index contributed by atoms with van der Waals surface area (Å²) in [6.07, 6.45) is -0.725. The first kappa shape index (κ1) is 21.9. The first-order valence-corrected chi connectivity index (χ1v) is 11.4. The molecule has 3 N–H and O–H groups in total. The molecule has 0 saturated carbocycles. The second-order valence-corrected chi connectivity index (χ2v) is 9.42. The van der Waals surface area contributed by atoms with Gasteiger partial charge in [-0.2, -0.15) is 16.8 Å². The van der Waals surface area contributed by atoms with Gasteiger partial charge in [0.1, 0.15) is 6.61 Å². The van der Waals surface area contributed by atoms with E-state index in [2.05, 4.69) is 0 Å². The van der Waals surface area contributed by atoms with Crippen LogP contribution in [0.1, 0.15) is 29.9 Å². The third-order valence-electron chi connectivity index (χ3n) is 4.64. The van der Waals surface area contributed by atoms with Crippen LogP contribution in [0.15, 0.2) is 46.2 Å². The molecule has 0 fully saturated rings. The molecule has 1 aliphatic rings. The van der Waals surface area contributed by atoms with Crippen molar-refractivity contribution < 1.29 is 45.4 Å². The molecule has 3 rings (SSSR count). The molecule has 0 spiro atoms. The van der Waals surface area contributed by atoms with Gasteiger partial charge in [-0.25, -0.2) is 0 Å². The monoisotopic (exact) mass is 456 g/mol. The van der Waals surface area contributed by atoms with Gasteiger partial charge in [-0.3, -0.25) is 18.7 Å². The quantitative estimate of drug-likeness (QED) is 0.411. The Balaban J connectivity index is 2.03. The number of carboxylic acid groups (broad SMARTS) is 1. The highest BCUT2D eigenvalue weighted by atomic mass is 32.2. The zero-order valence-corrected chi connectivity index (χ0v) is 16.8. The van der Waals surface area contributed by atoms with E-state index in [9.17, 15) is 35.5 Å². The van der Waals surface area contributed by atoms with Crippen LogP contribution in [0.5, 0.6) is 0 Å². The molecule has 160 valence electrons. The topological polar surface area (TPSA) is 172 Å². The first-order valence-electron chi connectivity index (χ1n) is 8.48. The van der Waals surface area contributed by atoms with E-state index in [1.165, 1.54) is 12.1 Å². The number of hydrogen-bond acceptors (Lipinski definition) is 7. The van der Waals surface area contributed by atoms with Gasteiger partial charge in [0, 0.05) is 5.92 Å². The normalized spacial score (nSPS) is 13.5. The van der Waals surface area contributed by atoms with Gasteiger partial charge in [-0.05, 0) is 46.5 Å². The third-order valence-corrected chi connectivity index (χ3v) is 6.34. The molecule has 12 heteroatoms. The molecule has 0 unspecified atom stereocenters. The molecule has 10 nitrogen and oxygen atoms in total. The standard InChI is InChI=1S/C18H16O10S2/c19-17(20)5-6-18(21)28-9-16-12-3-1-10(29(22,23)24)7-14(12)15-8-11(30(25,26)27)2-4-13(15)16/h1-4,7-8,16H,5-6,9H2,(H,19,20)(H,22,23,24)(H,25,26,27). The van der Waals surface area contributed by atoms with E-state index in [-0.39, 0.29) is 24.2 Å². The maximum atomic E-state index is 11.8. The van der Waals surface area contributed by atoms with Gasteiger partial charge < -0.3 is 9.84 Å². The minimum atomic E-state index is -4.53. The van der Waals surface area contributed by atoms with E-state index in [0.29, 0.717) is 11.1 Å².